The van der Waals surface area contributed by atoms with Gasteiger partial charge in [-0.15, -0.1) is 0 Å². The van der Waals surface area contributed by atoms with Crippen LogP contribution in [0.5, 0.6) is 0 Å². The fraction of sp³-hybridized carbons (Fsp3) is 0.944. The lowest BCUT2D eigenvalue weighted by Gasteiger charge is -2.36. The summed E-state index contributed by atoms with van der Waals surface area (Å²) in [5, 5.41) is 3.33. The molecule has 8 heteroatoms. The van der Waals surface area contributed by atoms with E-state index in [0.29, 0.717) is 26.2 Å². The fourth-order valence-corrected chi connectivity index (χ4v) is 3.90. The molecule has 1 saturated heterocycles. The maximum absolute atomic E-state index is 12.4. The zero-order chi connectivity index (χ0) is 19.8. The first-order chi connectivity index (χ1) is 12.0. The number of hydrogen-bond acceptors (Lipinski definition) is 4. The molecule has 1 rings (SSSR count). The van der Waals surface area contributed by atoms with Crippen LogP contribution >= 0.6 is 0 Å². The van der Waals surface area contributed by atoms with Crippen LogP contribution in [0.25, 0.3) is 0 Å². The molecule has 26 heavy (non-hydrogen) atoms. The van der Waals surface area contributed by atoms with Gasteiger partial charge in [-0.3, -0.25) is 4.99 Å². The summed E-state index contributed by atoms with van der Waals surface area (Å²) in [4.78, 5) is 6.88. The van der Waals surface area contributed by atoms with Gasteiger partial charge in [0, 0.05) is 39.3 Å². The van der Waals surface area contributed by atoms with E-state index >= 15 is 0 Å². The monoisotopic (exact) mass is 390 g/mol. The van der Waals surface area contributed by atoms with Crippen molar-refractivity contribution in [1.29, 1.82) is 0 Å². The molecule has 0 radical (unpaired) electrons. The largest absolute Gasteiger partial charge is 0.378 e. The number of nitrogens with zero attached hydrogens (tertiary/aromatic N) is 3. The summed E-state index contributed by atoms with van der Waals surface area (Å²) in [7, 11) is -3.26. The minimum Gasteiger partial charge on any atom is -0.378 e. The van der Waals surface area contributed by atoms with E-state index in [0.717, 1.165) is 25.5 Å². The van der Waals surface area contributed by atoms with Crippen molar-refractivity contribution in [3.05, 3.63) is 0 Å². The van der Waals surface area contributed by atoms with E-state index in [-0.39, 0.29) is 23.9 Å². The van der Waals surface area contributed by atoms with Gasteiger partial charge in [0.2, 0.25) is 10.0 Å². The zero-order valence-electron chi connectivity index (χ0n) is 17.4. The Morgan fingerprint density at radius 3 is 2.31 bits per heavy atom. The third-order valence-electron chi connectivity index (χ3n) is 4.18. The topological polar surface area (TPSA) is 74.2 Å². The summed E-state index contributed by atoms with van der Waals surface area (Å²) in [6, 6.07) is 0. The van der Waals surface area contributed by atoms with E-state index in [4.69, 9.17) is 9.73 Å². The Morgan fingerprint density at radius 1 is 1.19 bits per heavy atom. The Labute approximate surface area is 160 Å². The second kappa shape index (κ2) is 10.5. The van der Waals surface area contributed by atoms with Crippen LogP contribution < -0.4 is 5.32 Å². The van der Waals surface area contributed by atoms with Gasteiger partial charge >= 0.3 is 0 Å². The number of aliphatic imine (C=N–C) groups is 1. The highest BCUT2D eigenvalue weighted by Gasteiger charge is 2.28. The molecular weight excluding hydrogens is 352 g/mol. The van der Waals surface area contributed by atoms with Gasteiger partial charge in [0.1, 0.15) is 0 Å². The van der Waals surface area contributed by atoms with Gasteiger partial charge in [-0.2, -0.15) is 4.31 Å². The maximum atomic E-state index is 12.4. The molecule has 1 heterocycles. The van der Waals surface area contributed by atoms with E-state index in [2.05, 4.69) is 37.9 Å². The summed E-state index contributed by atoms with van der Waals surface area (Å²) in [5.74, 6) is 0.933. The predicted octanol–water partition coefficient (Wildman–Crippen LogP) is 1.76. The molecule has 7 nitrogen and oxygen atoms in total. The quantitative estimate of drug-likeness (QED) is 0.505. The molecule has 0 aromatic heterocycles. The van der Waals surface area contributed by atoms with Crippen LogP contribution in [-0.4, -0.2) is 81.3 Å². The molecule has 0 aliphatic carbocycles. The standard InChI is InChI=1S/C18H38N4O3S/c1-7-19-17(20-9-8-18(4,5)6)21-10-12-22(13-11-21)26(23,24)15-14-25-16(2)3/h16H,7-15H2,1-6H3,(H,19,20). The molecule has 0 bridgehead atoms. The van der Waals surface area contributed by atoms with Crippen LogP contribution in [0.1, 0.15) is 48.0 Å². The second-order valence-corrected chi connectivity index (χ2v) is 10.3. The summed E-state index contributed by atoms with van der Waals surface area (Å²) in [6.07, 6.45) is 1.07. The van der Waals surface area contributed by atoms with Gasteiger partial charge in [-0.25, -0.2) is 8.42 Å². The molecule has 0 saturated carbocycles. The highest BCUT2D eigenvalue weighted by atomic mass is 32.2. The van der Waals surface area contributed by atoms with Crippen molar-refractivity contribution in [3.63, 3.8) is 0 Å². The molecule has 1 N–H and O–H groups in total. The number of sulfonamides is 1. The molecule has 1 aliphatic heterocycles. The Morgan fingerprint density at radius 2 is 1.81 bits per heavy atom. The predicted molar refractivity (Wildman–Crippen MR) is 108 cm³/mol. The number of ether oxygens (including phenoxy) is 1. The molecule has 1 fully saturated rings. The zero-order valence-corrected chi connectivity index (χ0v) is 18.2. The first kappa shape index (κ1) is 23.2. The molecule has 0 unspecified atom stereocenters. The van der Waals surface area contributed by atoms with Crippen molar-refractivity contribution < 1.29 is 13.2 Å². The molecular formula is C18H38N4O3S. The molecule has 0 atom stereocenters. The Balaban J connectivity index is 2.57. The van der Waals surface area contributed by atoms with Crippen molar-refractivity contribution in [3.8, 4) is 0 Å². The minimum atomic E-state index is -3.26. The van der Waals surface area contributed by atoms with Gasteiger partial charge in [0.05, 0.1) is 18.5 Å². The first-order valence-corrected chi connectivity index (χ1v) is 11.3. The van der Waals surface area contributed by atoms with Crippen LogP contribution in [0.3, 0.4) is 0 Å². The average molecular weight is 391 g/mol. The van der Waals surface area contributed by atoms with Crippen molar-refractivity contribution in [1.82, 2.24) is 14.5 Å². The highest BCUT2D eigenvalue weighted by molar-refractivity contribution is 7.89. The molecule has 0 amide bonds. The van der Waals surface area contributed by atoms with Crippen molar-refractivity contribution in [2.45, 2.75) is 54.1 Å². The summed E-state index contributed by atoms with van der Waals surface area (Å²) < 4.78 is 31.8. The number of nitrogens with one attached hydrogen (secondary N) is 1. The number of rotatable bonds is 8. The highest BCUT2D eigenvalue weighted by Crippen LogP contribution is 2.18. The fourth-order valence-electron chi connectivity index (χ4n) is 2.62. The van der Waals surface area contributed by atoms with Gasteiger partial charge < -0.3 is 15.0 Å². The first-order valence-electron chi connectivity index (χ1n) is 9.68. The van der Waals surface area contributed by atoms with Crippen LogP contribution in [-0.2, 0) is 14.8 Å². The van der Waals surface area contributed by atoms with Gasteiger partial charge in [0.25, 0.3) is 0 Å². The summed E-state index contributed by atoms with van der Waals surface area (Å²) >= 11 is 0. The average Bonchev–Trinajstić information content (AvgIpc) is 2.52. The Bertz CT molecular complexity index is 533. The van der Waals surface area contributed by atoms with E-state index in [1.54, 1.807) is 4.31 Å². The summed E-state index contributed by atoms with van der Waals surface area (Å²) in [6.45, 7) is 16.6. The third-order valence-corrected chi connectivity index (χ3v) is 6.02. The summed E-state index contributed by atoms with van der Waals surface area (Å²) in [5.41, 5.74) is 0.256. The van der Waals surface area contributed by atoms with Gasteiger partial charge in [0.15, 0.2) is 5.96 Å². The number of hydrogen-bond donors (Lipinski definition) is 1. The van der Waals surface area contributed by atoms with Crippen molar-refractivity contribution >= 4 is 16.0 Å². The van der Waals surface area contributed by atoms with Crippen LogP contribution in [0.2, 0.25) is 0 Å². The smallest absolute Gasteiger partial charge is 0.216 e. The van der Waals surface area contributed by atoms with Crippen molar-refractivity contribution in [2.75, 3.05) is 51.6 Å². The lowest BCUT2D eigenvalue weighted by Crippen LogP contribution is -2.54. The lowest BCUT2D eigenvalue weighted by atomic mass is 9.92. The maximum Gasteiger partial charge on any atom is 0.216 e. The molecule has 1 aliphatic rings. The number of piperazine rings is 1. The lowest BCUT2D eigenvalue weighted by molar-refractivity contribution is 0.0904. The normalized spacial score (nSPS) is 17.8. The van der Waals surface area contributed by atoms with Gasteiger partial charge in [-0.1, -0.05) is 20.8 Å². The third kappa shape index (κ3) is 8.68. The van der Waals surface area contributed by atoms with E-state index in [9.17, 15) is 8.42 Å². The van der Waals surface area contributed by atoms with Crippen LogP contribution in [0.4, 0.5) is 0 Å². The van der Waals surface area contributed by atoms with Crippen LogP contribution in [0, 0.1) is 5.41 Å². The van der Waals surface area contributed by atoms with E-state index in [1.165, 1.54) is 0 Å². The van der Waals surface area contributed by atoms with Crippen LogP contribution in [0.15, 0.2) is 4.99 Å². The molecule has 0 aromatic rings. The number of guanidine groups is 1. The minimum absolute atomic E-state index is 0.0465. The second-order valence-electron chi connectivity index (χ2n) is 8.17. The Kier molecular flexibility index (Phi) is 9.33. The molecule has 154 valence electrons. The van der Waals surface area contributed by atoms with Crippen molar-refractivity contribution in [2.24, 2.45) is 10.4 Å². The van der Waals surface area contributed by atoms with Gasteiger partial charge in [-0.05, 0) is 32.6 Å². The van der Waals surface area contributed by atoms with E-state index < -0.39 is 10.0 Å². The Hall–Kier alpha value is -0.860. The SMILES string of the molecule is CCNC(=NCCC(C)(C)C)N1CCN(S(=O)(=O)CCOC(C)C)CC1. The van der Waals surface area contributed by atoms with E-state index in [1.807, 2.05) is 13.8 Å². The molecule has 0 aromatic carbocycles. The molecule has 0 spiro atoms.